The van der Waals surface area contributed by atoms with Crippen LogP contribution in [0.1, 0.15) is 25.7 Å². The van der Waals surface area contributed by atoms with Gasteiger partial charge in [0.05, 0.1) is 0 Å². The van der Waals surface area contributed by atoms with E-state index in [1.165, 1.54) is 0 Å². The van der Waals surface area contributed by atoms with E-state index in [1.807, 2.05) is 4.58 Å². The van der Waals surface area contributed by atoms with Gasteiger partial charge in [0, 0.05) is 32.2 Å². The van der Waals surface area contributed by atoms with Gasteiger partial charge < -0.3 is 10.1 Å². The third-order valence-electron chi connectivity index (χ3n) is 3.35. The lowest BCUT2D eigenvalue weighted by Gasteiger charge is -2.11. The van der Waals surface area contributed by atoms with Gasteiger partial charge in [-0.15, -0.1) is 12.3 Å². The molecule has 19 heavy (non-hydrogen) atoms. The van der Waals surface area contributed by atoms with Gasteiger partial charge in [-0.1, -0.05) is 0 Å². The molecule has 0 unspecified atom stereocenters. The number of ether oxygens (including phenoxy) is 1. The molecule has 1 saturated heterocycles. The number of carbonyl (C=O) groups is 1. The quantitative estimate of drug-likeness (QED) is 0.577. The molecule has 0 radical (unpaired) electrons. The average molecular weight is 263 g/mol. The van der Waals surface area contributed by atoms with Crippen LogP contribution in [0, 0.1) is 12.3 Å². The summed E-state index contributed by atoms with van der Waals surface area (Å²) in [6, 6.07) is 0. The summed E-state index contributed by atoms with van der Waals surface area (Å²) in [5.41, 5.74) is -0.350. The molecule has 0 aliphatic carbocycles. The summed E-state index contributed by atoms with van der Waals surface area (Å²) in [6.45, 7) is 5.87. The van der Waals surface area contributed by atoms with Gasteiger partial charge in [-0.05, 0) is 0 Å². The first-order valence-corrected chi connectivity index (χ1v) is 6.51. The Balaban J connectivity index is 1.59. The van der Waals surface area contributed by atoms with Crippen LogP contribution in [0.15, 0.2) is 10.2 Å². The lowest BCUT2D eigenvalue weighted by molar-refractivity contribution is -0.500. The fourth-order valence-electron chi connectivity index (χ4n) is 2.12. The summed E-state index contributed by atoms with van der Waals surface area (Å²) < 4.78 is 7.17. The van der Waals surface area contributed by atoms with Crippen molar-refractivity contribution >= 4 is 12.8 Å². The second kappa shape index (κ2) is 5.83. The second-order valence-electron chi connectivity index (χ2n) is 4.96. The molecule has 0 saturated carbocycles. The maximum absolute atomic E-state index is 11.6. The second-order valence-corrected chi connectivity index (χ2v) is 4.96. The van der Waals surface area contributed by atoms with Crippen molar-refractivity contribution in [2.75, 3.05) is 19.6 Å². The highest BCUT2D eigenvalue weighted by Gasteiger charge is 2.38. The monoisotopic (exact) mass is 263 g/mol. The minimum atomic E-state index is -0.381. The predicted octanol–water partition coefficient (Wildman–Crippen LogP) is 1.16. The number of hydrogen-bond acceptors (Lipinski definition) is 4. The Hall–Kier alpha value is -1.90. The highest BCUT2D eigenvalue weighted by atomic mass is 16.6. The molecule has 2 aliphatic rings. The third kappa shape index (κ3) is 4.05. The molecule has 0 spiro atoms. The van der Waals surface area contributed by atoms with Crippen molar-refractivity contribution in [2.45, 2.75) is 37.5 Å². The first kappa shape index (κ1) is 13.5. The highest BCUT2D eigenvalue weighted by Crippen LogP contribution is 2.35. The molecular formula is C13H19N4O2+. The summed E-state index contributed by atoms with van der Waals surface area (Å²) >= 11 is 0. The normalized spacial score (nSPS) is 22.9. The zero-order chi connectivity index (χ0) is 13.7. The Kier molecular flexibility index (Phi) is 4.15. The zero-order valence-corrected chi connectivity index (χ0v) is 11.0. The van der Waals surface area contributed by atoms with E-state index in [2.05, 4.69) is 28.2 Å². The van der Waals surface area contributed by atoms with Crippen molar-refractivity contribution < 1.29 is 14.1 Å². The van der Waals surface area contributed by atoms with Gasteiger partial charge in [-0.25, -0.2) is 9.37 Å². The Morgan fingerprint density at radius 1 is 1.58 bits per heavy atom. The smallest absolute Gasteiger partial charge is 0.407 e. The molecule has 2 rings (SSSR count). The fourth-order valence-corrected chi connectivity index (χ4v) is 2.12. The number of hydrogen-bond donors (Lipinski definition) is 1. The Morgan fingerprint density at radius 2 is 2.37 bits per heavy atom. The molecule has 1 N–H and O–H groups in total. The fraction of sp³-hybridized carbons (Fsp3) is 0.692. The van der Waals surface area contributed by atoms with E-state index in [0.717, 1.165) is 19.4 Å². The van der Waals surface area contributed by atoms with Crippen molar-refractivity contribution in [3.8, 4) is 12.3 Å². The van der Waals surface area contributed by atoms with Gasteiger partial charge in [0.1, 0.15) is 13.3 Å². The molecule has 6 heteroatoms. The number of rotatable bonds is 6. The standard InChI is InChI=1S/C13H18N4O2/c1-3-4-6-13(15-16-13)7-8-14-12(18)19-11-5-9-17(2)10-11/h1,11H,2,4-10H2/p+1/t11-/m1/s1. The number of carbonyl (C=O) groups excluding carboxylic acids is 1. The average Bonchev–Trinajstić information content (AvgIpc) is 3.03. The number of amides is 1. The van der Waals surface area contributed by atoms with Crippen LogP contribution in [-0.4, -0.2) is 48.8 Å². The predicted molar refractivity (Wildman–Crippen MR) is 70.3 cm³/mol. The molecule has 0 bridgehead atoms. The maximum Gasteiger partial charge on any atom is 0.407 e. The minimum Gasteiger partial charge on any atom is -0.439 e. The lowest BCUT2D eigenvalue weighted by atomic mass is 10.0. The van der Waals surface area contributed by atoms with E-state index in [4.69, 9.17) is 11.2 Å². The van der Waals surface area contributed by atoms with E-state index in [1.54, 1.807) is 0 Å². The van der Waals surface area contributed by atoms with Crippen molar-refractivity contribution in [1.82, 2.24) is 5.32 Å². The van der Waals surface area contributed by atoms with E-state index in [-0.39, 0.29) is 17.9 Å². The number of terminal acetylenes is 1. The van der Waals surface area contributed by atoms with Crippen molar-refractivity contribution in [3.63, 3.8) is 0 Å². The van der Waals surface area contributed by atoms with Gasteiger partial charge in [-0.3, -0.25) is 0 Å². The van der Waals surface area contributed by atoms with Crippen LogP contribution in [0.2, 0.25) is 0 Å². The number of alkyl carbamates (subject to hydrolysis) is 1. The summed E-state index contributed by atoms with van der Waals surface area (Å²) in [4.78, 5) is 11.6. The maximum atomic E-state index is 11.6. The van der Waals surface area contributed by atoms with Crippen molar-refractivity contribution in [2.24, 2.45) is 10.2 Å². The van der Waals surface area contributed by atoms with Gasteiger partial charge >= 0.3 is 6.09 Å². The van der Waals surface area contributed by atoms with Crippen LogP contribution >= 0.6 is 0 Å². The van der Waals surface area contributed by atoms with E-state index < -0.39 is 0 Å². The first-order valence-electron chi connectivity index (χ1n) is 6.51. The number of nitrogens with one attached hydrogen (secondary N) is 1. The largest absolute Gasteiger partial charge is 0.439 e. The summed E-state index contributed by atoms with van der Waals surface area (Å²) in [6.07, 6.45) is 7.70. The SMILES string of the molecule is C#CCCC1(CCNC(=O)O[C@@H]2CC[N+](=C)C2)N=N1. The Labute approximate surface area is 112 Å². The molecular weight excluding hydrogens is 244 g/mol. The molecule has 0 aromatic rings. The van der Waals surface area contributed by atoms with Crippen molar-refractivity contribution in [1.29, 1.82) is 0 Å². The van der Waals surface area contributed by atoms with Crippen LogP contribution in [0.3, 0.4) is 0 Å². The molecule has 6 nitrogen and oxygen atoms in total. The van der Waals surface area contributed by atoms with Crippen LogP contribution in [0.5, 0.6) is 0 Å². The summed E-state index contributed by atoms with van der Waals surface area (Å²) in [7, 11) is 0. The van der Waals surface area contributed by atoms with Gasteiger partial charge in [0.15, 0.2) is 18.3 Å². The van der Waals surface area contributed by atoms with Gasteiger partial charge in [0.25, 0.3) is 0 Å². The van der Waals surface area contributed by atoms with Crippen LogP contribution < -0.4 is 5.32 Å². The van der Waals surface area contributed by atoms with Gasteiger partial charge in [0.2, 0.25) is 0 Å². The molecule has 2 heterocycles. The lowest BCUT2D eigenvalue weighted by Crippen LogP contribution is -2.32. The Morgan fingerprint density at radius 3 is 2.95 bits per heavy atom. The molecule has 1 amide bonds. The summed E-state index contributed by atoms with van der Waals surface area (Å²) in [5.74, 6) is 2.57. The number of nitrogens with zero attached hydrogens (tertiary/aromatic N) is 3. The van der Waals surface area contributed by atoms with Crippen LogP contribution in [0.4, 0.5) is 4.79 Å². The molecule has 2 aliphatic heterocycles. The third-order valence-corrected chi connectivity index (χ3v) is 3.35. The minimum absolute atomic E-state index is 0.0526. The molecule has 1 atom stereocenters. The van der Waals surface area contributed by atoms with Crippen LogP contribution in [0.25, 0.3) is 0 Å². The first-order chi connectivity index (χ1) is 9.13. The van der Waals surface area contributed by atoms with Crippen LogP contribution in [-0.2, 0) is 4.74 Å². The van der Waals surface area contributed by atoms with E-state index >= 15 is 0 Å². The van der Waals surface area contributed by atoms with E-state index in [0.29, 0.717) is 25.9 Å². The van der Waals surface area contributed by atoms with E-state index in [9.17, 15) is 4.79 Å². The molecule has 1 fully saturated rings. The van der Waals surface area contributed by atoms with Gasteiger partial charge in [-0.2, -0.15) is 10.2 Å². The topological polar surface area (TPSA) is 66.1 Å². The molecule has 102 valence electrons. The molecule has 0 aromatic carbocycles. The van der Waals surface area contributed by atoms with Crippen molar-refractivity contribution in [3.05, 3.63) is 0 Å². The Bertz CT molecular complexity index is 432. The summed E-state index contributed by atoms with van der Waals surface area (Å²) in [5, 5.41) is 10.7. The highest BCUT2D eigenvalue weighted by molar-refractivity contribution is 5.67. The molecule has 0 aromatic heterocycles. The zero-order valence-electron chi connectivity index (χ0n) is 11.0.